The highest BCUT2D eigenvalue weighted by molar-refractivity contribution is 5.95. The quantitative estimate of drug-likeness (QED) is 0.670. The third-order valence-corrected chi connectivity index (χ3v) is 4.13. The van der Waals surface area contributed by atoms with Crippen molar-refractivity contribution < 1.29 is 9.72 Å². The molecule has 0 saturated carbocycles. The first-order chi connectivity index (χ1) is 10.5. The van der Waals surface area contributed by atoms with Crippen molar-refractivity contribution in [2.45, 2.75) is 39.2 Å². The first-order valence-corrected chi connectivity index (χ1v) is 7.81. The monoisotopic (exact) mass is 305 g/mol. The molecular formula is C16H23N3O3. The van der Waals surface area contributed by atoms with Gasteiger partial charge in [0.1, 0.15) is 0 Å². The number of hydrogen-bond donors (Lipinski definition) is 1. The summed E-state index contributed by atoms with van der Waals surface area (Å²) in [4.78, 5) is 25.3. The number of carbonyl (C=O) groups is 1. The van der Waals surface area contributed by atoms with E-state index in [4.69, 9.17) is 0 Å². The van der Waals surface area contributed by atoms with Crippen LogP contribution in [0.3, 0.4) is 0 Å². The van der Waals surface area contributed by atoms with Gasteiger partial charge in [-0.3, -0.25) is 14.9 Å². The number of rotatable bonds is 5. The van der Waals surface area contributed by atoms with E-state index in [1.807, 2.05) is 11.8 Å². The summed E-state index contributed by atoms with van der Waals surface area (Å²) in [7, 11) is 0. The number of nitrogens with one attached hydrogen (secondary N) is 1. The van der Waals surface area contributed by atoms with E-state index in [0.717, 1.165) is 32.4 Å². The zero-order chi connectivity index (χ0) is 16.1. The third-order valence-electron chi connectivity index (χ3n) is 4.13. The van der Waals surface area contributed by atoms with Crippen LogP contribution in [-0.2, 0) is 0 Å². The summed E-state index contributed by atoms with van der Waals surface area (Å²) < 4.78 is 0. The van der Waals surface area contributed by atoms with Gasteiger partial charge in [-0.05, 0) is 45.3 Å². The molecule has 1 aromatic carbocycles. The largest absolute Gasteiger partial charge is 0.336 e. The zero-order valence-corrected chi connectivity index (χ0v) is 13.2. The Morgan fingerprint density at radius 1 is 1.41 bits per heavy atom. The van der Waals surface area contributed by atoms with Crippen LogP contribution in [0.25, 0.3) is 0 Å². The molecule has 0 bridgehead atoms. The van der Waals surface area contributed by atoms with E-state index in [9.17, 15) is 14.9 Å². The van der Waals surface area contributed by atoms with Gasteiger partial charge in [0, 0.05) is 29.8 Å². The molecule has 1 fully saturated rings. The Kier molecular flexibility index (Phi) is 5.49. The van der Waals surface area contributed by atoms with Crippen molar-refractivity contribution in [2.24, 2.45) is 0 Å². The first kappa shape index (κ1) is 16.4. The molecule has 0 radical (unpaired) electrons. The van der Waals surface area contributed by atoms with Gasteiger partial charge in [0.2, 0.25) is 0 Å². The van der Waals surface area contributed by atoms with Crippen LogP contribution in [0.15, 0.2) is 18.2 Å². The molecule has 0 spiro atoms. The lowest BCUT2D eigenvalue weighted by Crippen LogP contribution is -2.46. The molecule has 22 heavy (non-hydrogen) atoms. The summed E-state index contributed by atoms with van der Waals surface area (Å²) in [5.41, 5.74) is 0.988. The van der Waals surface area contributed by atoms with Gasteiger partial charge in [-0.2, -0.15) is 0 Å². The number of amides is 1. The second-order valence-electron chi connectivity index (χ2n) is 5.74. The van der Waals surface area contributed by atoms with E-state index in [1.54, 1.807) is 19.1 Å². The maximum Gasteiger partial charge on any atom is 0.273 e. The molecule has 0 aromatic heterocycles. The normalized spacial score (nSPS) is 15.5. The number of aryl methyl sites for hydroxylation is 1. The number of benzene rings is 1. The molecule has 1 aliphatic heterocycles. The van der Waals surface area contributed by atoms with E-state index in [2.05, 4.69) is 5.32 Å². The summed E-state index contributed by atoms with van der Waals surface area (Å²) >= 11 is 0. The highest BCUT2D eigenvalue weighted by Gasteiger charge is 2.26. The summed E-state index contributed by atoms with van der Waals surface area (Å²) in [5, 5.41) is 14.4. The summed E-state index contributed by atoms with van der Waals surface area (Å²) in [5.74, 6) is -0.100. The summed E-state index contributed by atoms with van der Waals surface area (Å²) in [6.07, 6.45) is 2.74. The van der Waals surface area contributed by atoms with E-state index in [-0.39, 0.29) is 17.6 Å². The molecule has 1 heterocycles. The van der Waals surface area contributed by atoms with Crippen LogP contribution in [0.1, 0.15) is 42.1 Å². The maximum absolute atomic E-state index is 12.8. The number of hydrogen-bond acceptors (Lipinski definition) is 4. The van der Waals surface area contributed by atoms with Crippen LogP contribution in [0, 0.1) is 17.0 Å². The van der Waals surface area contributed by atoms with Crippen molar-refractivity contribution >= 4 is 11.6 Å². The predicted octanol–water partition coefficient (Wildman–Crippen LogP) is 2.51. The highest BCUT2D eigenvalue weighted by atomic mass is 16.6. The molecule has 1 N–H and O–H groups in total. The Morgan fingerprint density at radius 2 is 2.09 bits per heavy atom. The van der Waals surface area contributed by atoms with Gasteiger partial charge in [-0.25, -0.2) is 0 Å². The minimum Gasteiger partial charge on any atom is -0.336 e. The maximum atomic E-state index is 12.8. The molecule has 0 atom stereocenters. The molecule has 6 heteroatoms. The fourth-order valence-corrected chi connectivity index (χ4v) is 2.91. The third kappa shape index (κ3) is 3.62. The van der Waals surface area contributed by atoms with Crippen LogP contribution >= 0.6 is 0 Å². The SMILES string of the molecule is CCCN(C(=O)c1ccc(C)c([N+](=O)[O-])c1)C1CCNCC1. The van der Waals surface area contributed by atoms with E-state index in [0.29, 0.717) is 17.7 Å². The Balaban J connectivity index is 2.26. The Bertz CT molecular complexity index is 554. The molecule has 0 unspecified atom stereocenters. The van der Waals surface area contributed by atoms with Gasteiger partial charge in [-0.1, -0.05) is 13.0 Å². The second-order valence-corrected chi connectivity index (χ2v) is 5.74. The number of nitro benzene ring substituents is 1. The van der Waals surface area contributed by atoms with Crippen molar-refractivity contribution in [2.75, 3.05) is 19.6 Å². The minimum absolute atomic E-state index is 0.00705. The Hall–Kier alpha value is -1.95. The van der Waals surface area contributed by atoms with Gasteiger partial charge >= 0.3 is 0 Å². The summed E-state index contributed by atoms with van der Waals surface area (Å²) in [6, 6.07) is 4.96. The zero-order valence-electron chi connectivity index (χ0n) is 13.2. The number of nitrogens with zero attached hydrogens (tertiary/aromatic N) is 2. The Morgan fingerprint density at radius 3 is 2.68 bits per heavy atom. The van der Waals surface area contributed by atoms with Crippen molar-refractivity contribution in [1.82, 2.24) is 10.2 Å². The molecule has 120 valence electrons. The second kappa shape index (κ2) is 7.35. The van der Waals surface area contributed by atoms with Gasteiger partial charge in [0.05, 0.1) is 4.92 Å². The molecule has 1 saturated heterocycles. The van der Waals surface area contributed by atoms with Crippen molar-refractivity contribution in [1.29, 1.82) is 0 Å². The number of piperidine rings is 1. The van der Waals surface area contributed by atoms with Crippen LogP contribution in [0.4, 0.5) is 5.69 Å². The van der Waals surface area contributed by atoms with Gasteiger partial charge < -0.3 is 10.2 Å². The van der Waals surface area contributed by atoms with Crippen LogP contribution in [0.2, 0.25) is 0 Å². The van der Waals surface area contributed by atoms with Gasteiger partial charge in [0.15, 0.2) is 0 Å². The minimum atomic E-state index is -0.430. The molecule has 1 aromatic rings. The standard InChI is InChI=1S/C16H23N3O3/c1-3-10-18(14-6-8-17-9-7-14)16(20)13-5-4-12(2)15(11-13)19(21)22/h4-5,11,14,17H,3,6-10H2,1-2H3. The lowest BCUT2D eigenvalue weighted by Gasteiger charge is -2.34. The highest BCUT2D eigenvalue weighted by Crippen LogP contribution is 2.22. The lowest BCUT2D eigenvalue weighted by atomic mass is 10.0. The molecule has 0 aliphatic carbocycles. The smallest absolute Gasteiger partial charge is 0.273 e. The predicted molar refractivity (Wildman–Crippen MR) is 85.1 cm³/mol. The average Bonchev–Trinajstić information content (AvgIpc) is 2.53. The van der Waals surface area contributed by atoms with Crippen LogP contribution in [0.5, 0.6) is 0 Å². The fraction of sp³-hybridized carbons (Fsp3) is 0.562. The number of carbonyl (C=O) groups excluding carboxylic acids is 1. The van der Waals surface area contributed by atoms with E-state index >= 15 is 0 Å². The molecule has 1 amide bonds. The van der Waals surface area contributed by atoms with Crippen LogP contribution < -0.4 is 5.32 Å². The molecule has 1 aliphatic rings. The summed E-state index contributed by atoms with van der Waals surface area (Å²) in [6.45, 7) is 6.23. The van der Waals surface area contributed by atoms with Crippen molar-refractivity contribution in [3.05, 3.63) is 39.4 Å². The van der Waals surface area contributed by atoms with Crippen molar-refractivity contribution in [3.8, 4) is 0 Å². The van der Waals surface area contributed by atoms with Gasteiger partial charge in [0.25, 0.3) is 11.6 Å². The Labute approximate surface area is 130 Å². The average molecular weight is 305 g/mol. The van der Waals surface area contributed by atoms with E-state index in [1.165, 1.54) is 6.07 Å². The first-order valence-electron chi connectivity index (χ1n) is 7.81. The van der Waals surface area contributed by atoms with E-state index < -0.39 is 4.92 Å². The molecule has 2 rings (SSSR count). The van der Waals surface area contributed by atoms with Crippen molar-refractivity contribution in [3.63, 3.8) is 0 Å². The number of nitro groups is 1. The lowest BCUT2D eigenvalue weighted by molar-refractivity contribution is -0.385. The fourth-order valence-electron chi connectivity index (χ4n) is 2.91. The molecule has 6 nitrogen and oxygen atoms in total. The van der Waals surface area contributed by atoms with Crippen LogP contribution in [-0.4, -0.2) is 41.4 Å². The molecular weight excluding hydrogens is 282 g/mol. The van der Waals surface area contributed by atoms with Gasteiger partial charge in [-0.15, -0.1) is 0 Å². The topological polar surface area (TPSA) is 75.5 Å².